The summed E-state index contributed by atoms with van der Waals surface area (Å²) in [5.74, 6) is -0.148. The van der Waals surface area contributed by atoms with Crippen LogP contribution in [0.4, 0.5) is 4.39 Å². The molecule has 3 heteroatoms. The topological polar surface area (TPSA) is 26.0 Å². The van der Waals surface area contributed by atoms with Crippen molar-refractivity contribution in [2.24, 2.45) is 5.73 Å². The molecule has 2 aromatic carbocycles. The molecule has 2 atom stereocenters. The Morgan fingerprint density at radius 3 is 2.70 bits per heavy atom. The number of fused-ring (bicyclic) bond motifs is 1. The fraction of sp³-hybridized carbons (Fsp3) is 0.294. The Balaban J connectivity index is 1.59. The molecule has 0 fully saturated rings. The van der Waals surface area contributed by atoms with Gasteiger partial charge in [-0.25, -0.2) is 4.39 Å². The molecule has 2 aromatic rings. The Bertz CT molecular complexity index is 574. The molecule has 0 saturated heterocycles. The number of rotatable bonds is 4. The van der Waals surface area contributed by atoms with Crippen molar-refractivity contribution in [1.29, 1.82) is 0 Å². The van der Waals surface area contributed by atoms with Gasteiger partial charge >= 0.3 is 0 Å². The summed E-state index contributed by atoms with van der Waals surface area (Å²) < 4.78 is 13.6. The van der Waals surface area contributed by atoms with Crippen LogP contribution >= 0.6 is 11.8 Å². The zero-order valence-corrected chi connectivity index (χ0v) is 12.1. The van der Waals surface area contributed by atoms with E-state index in [0.717, 1.165) is 18.4 Å². The van der Waals surface area contributed by atoms with E-state index >= 15 is 0 Å². The van der Waals surface area contributed by atoms with E-state index in [4.69, 9.17) is 5.73 Å². The molecule has 0 aromatic heterocycles. The Labute approximate surface area is 123 Å². The van der Waals surface area contributed by atoms with Gasteiger partial charge in [0, 0.05) is 16.2 Å². The van der Waals surface area contributed by atoms with E-state index in [1.165, 1.54) is 16.5 Å². The third-order valence-electron chi connectivity index (χ3n) is 3.72. The molecule has 0 radical (unpaired) electrons. The van der Waals surface area contributed by atoms with E-state index in [9.17, 15) is 4.39 Å². The van der Waals surface area contributed by atoms with Crippen LogP contribution in [0.2, 0.25) is 0 Å². The Kier molecular flexibility index (Phi) is 4.08. The second-order valence-corrected chi connectivity index (χ2v) is 6.69. The summed E-state index contributed by atoms with van der Waals surface area (Å²) in [5.41, 5.74) is 8.35. The van der Waals surface area contributed by atoms with E-state index < -0.39 is 0 Å². The van der Waals surface area contributed by atoms with Crippen molar-refractivity contribution in [1.82, 2.24) is 0 Å². The maximum Gasteiger partial charge on any atom is 0.126 e. The minimum atomic E-state index is -0.148. The fourth-order valence-electron chi connectivity index (χ4n) is 2.75. The highest BCUT2D eigenvalue weighted by molar-refractivity contribution is 8.00. The normalized spacial score (nSPS) is 18.8. The van der Waals surface area contributed by atoms with Gasteiger partial charge in [-0.2, -0.15) is 0 Å². The quantitative estimate of drug-likeness (QED) is 0.925. The predicted molar refractivity (Wildman–Crippen MR) is 82.5 cm³/mol. The maximum atomic E-state index is 13.6. The highest BCUT2D eigenvalue weighted by Crippen LogP contribution is 2.38. The zero-order valence-electron chi connectivity index (χ0n) is 11.3. The molecule has 2 unspecified atom stereocenters. The monoisotopic (exact) mass is 287 g/mol. The first-order valence-electron chi connectivity index (χ1n) is 6.96. The van der Waals surface area contributed by atoms with Gasteiger partial charge < -0.3 is 5.73 Å². The summed E-state index contributed by atoms with van der Waals surface area (Å²) in [6.45, 7) is 0. The van der Waals surface area contributed by atoms with E-state index in [2.05, 4.69) is 24.3 Å². The SMILES string of the molecule is NC(Cc1ccccc1F)CC1Cc2ccccc2S1. The summed E-state index contributed by atoms with van der Waals surface area (Å²) in [7, 11) is 0. The first-order chi connectivity index (χ1) is 9.72. The van der Waals surface area contributed by atoms with Crippen LogP contribution in [-0.2, 0) is 12.8 Å². The molecule has 0 spiro atoms. The van der Waals surface area contributed by atoms with Crippen LogP contribution in [0.3, 0.4) is 0 Å². The predicted octanol–water partition coefficient (Wildman–Crippen LogP) is 3.80. The highest BCUT2D eigenvalue weighted by atomic mass is 32.2. The van der Waals surface area contributed by atoms with Crippen molar-refractivity contribution in [2.75, 3.05) is 0 Å². The lowest BCUT2D eigenvalue weighted by molar-refractivity contribution is 0.559. The van der Waals surface area contributed by atoms with E-state index in [1.807, 2.05) is 23.9 Å². The van der Waals surface area contributed by atoms with Gasteiger partial charge in [0.15, 0.2) is 0 Å². The van der Waals surface area contributed by atoms with Crippen molar-refractivity contribution < 1.29 is 4.39 Å². The first kappa shape index (κ1) is 13.7. The van der Waals surface area contributed by atoms with Crippen LogP contribution in [0.25, 0.3) is 0 Å². The molecule has 0 saturated carbocycles. The third-order valence-corrected chi connectivity index (χ3v) is 5.06. The smallest absolute Gasteiger partial charge is 0.126 e. The zero-order chi connectivity index (χ0) is 13.9. The molecule has 0 bridgehead atoms. The molecule has 2 N–H and O–H groups in total. The average Bonchev–Trinajstić information content (AvgIpc) is 2.83. The van der Waals surface area contributed by atoms with Crippen molar-refractivity contribution in [2.45, 2.75) is 35.4 Å². The molecular weight excluding hydrogens is 269 g/mol. The van der Waals surface area contributed by atoms with Crippen LogP contribution in [-0.4, -0.2) is 11.3 Å². The lowest BCUT2D eigenvalue weighted by Crippen LogP contribution is -2.27. The summed E-state index contributed by atoms with van der Waals surface area (Å²) in [4.78, 5) is 1.37. The molecule has 0 aliphatic carbocycles. The molecule has 1 aliphatic rings. The average molecular weight is 287 g/mol. The lowest BCUT2D eigenvalue weighted by atomic mass is 9.99. The van der Waals surface area contributed by atoms with Crippen LogP contribution in [0.1, 0.15) is 17.5 Å². The molecule has 1 nitrogen and oxygen atoms in total. The van der Waals surface area contributed by atoms with Crippen molar-refractivity contribution in [3.8, 4) is 0 Å². The van der Waals surface area contributed by atoms with Crippen LogP contribution < -0.4 is 5.73 Å². The van der Waals surface area contributed by atoms with E-state index in [-0.39, 0.29) is 11.9 Å². The molecule has 104 valence electrons. The van der Waals surface area contributed by atoms with Gasteiger partial charge in [-0.1, -0.05) is 36.4 Å². The van der Waals surface area contributed by atoms with E-state index in [0.29, 0.717) is 11.7 Å². The minimum absolute atomic E-state index is 0.0127. The number of thioether (sulfide) groups is 1. The van der Waals surface area contributed by atoms with Crippen LogP contribution in [0, 0.1) is 5.82 Å². The number of benzene rings is 2. The van der Waals surface area contributed by atoms with Crippen molar-refractivity contribution in [3.05, 3.63) is 65.5 Å². The maximum absolute atomic E-state index is 13.6. The highest BCUT2D eigenvalue weighted by Gasteiger charge is 2.23. The Hall–Kier alpha value is -1.32. The van der Waals surface area contributed by atoms with E-state index in [1.54, 1.807) is 6.07 Å². The van der Waals surface area contributed by atoms with Gasteiger partial charge in [-0.3, -0.25) is 0 Å². The second-order valence-electron chi connectivity index (χ2n) is 5.34. The van der Waals surface area contributed by atoms with Crippen molar-refractivity contribution >= 4 is 11.8 Å². The van der Waals surface area contributed by atoms with Gasteiger partial charge in [0.25, 0.3) is 0 Å². The van der Waals surface area contributed by atoms with Gasteiger partial charge in [0.1, 0.15) is 5.82 Å². The van der Waals surface area contributed by atoms with Crippen LogP contribution in [0.5, 0.6) is 0 Å². The number of halogens is 1. The molecule has 1 aliphatic heterocycles. The number of nitrogens with two attached hydrogens (primary N) is 1. The molecular formula is C17H18FNS. The standard InChI is InChI=1S/C17H18FNS/c18-16-7-3-1-5-12(16)9-14(19)11-15-10-13-6-2-4-8-17(13)20-15/h1-8,14-15H,9-11,19H2. The molecule has 20 heavy (non-hydrogen) atoms. The van der Waals surface area contributed by atoms with Gasteiger partial charge in [0.05, 0.1) is 0 Å². The lowest BCUT2D eigenvalue weighted by Gasteiger charge is -2.16. The third kappa shape index (κ3) is 3.05. The first-order valence-corrected chi connectivity index (χ1v) is 7.84. The number of hydrogen-bond acceptors (Lipinski definition) is 2. The van der Waals surface area contributed by atoms with Gasteiger partial charge in [0.2, 0.25) is 0 Å². The Morgan fingerprint density at radius 1 is 1.15 bits per heavy atom. The number of hydrogen-bond donors (Lipinski definition) is 1. The second kappa shape index (κ2) is 5.98. The summed E-state index contributed by atoms with van der Waals surface area (Å²) in [5, 5.41) is 0.522. The van der Waals surface area contributed by atoms with Crippen molar-refractivity contribution in [3.63, 3.8) is 0 Å². The summed E-state index contributed by atoms with van der Waals surface area (Å²) in [6, 6.07) is 15.4. The summed E-state index contributed by atoms with van der Waals surface area (Å²) in [6.07, 6.45) is 2.61. The molecule has 3 rings (SSSR count). The largest absolute Gasteiger partial charge is 0.327 e. The van der Waals surface area contributed by atoms with Gasteiger partial charge in [-0.05, 0) is 42.5 Å². The summed E-state index contributed by atoms with van der Waals surface area (Å²) >= 11 is 1.91. The Morgan fingerprint density at radius 2 is 1.90 bits per heavy atom. The minimum Gasteiger partial charge on any atom is -0.327 e. The fourth-order valence-corrected chi connectivity index (χ4v) is 4.18. The van der Waals surface area contributed by atoms with Gasteiger partial charge in [-0.15, -0.1) is 11.8 Å². The molecule has 1 heterocycles. The van der Waals surface area contributed by atoms with Crippen LogP contribution in [0.15, 0.2) is 53.4 Å². The molecule has 0 amide bonds.